The summed E-state index contributed by atoms with van der Waals surface area (Å²) in [7, 11) is 0. The van der Waals surface area contributed by atoms with Gasteiger partial charge >= 0.3 is 0 Å². The summed E-state index contributed by atoms with van der Waals surface area (Å²) in [5.41, 5.74) is 6.44. The zero-order valence-electron chi connectivity index (χ0n) is 16.5. The van der Waals surface area contributed by atoms with Crippen LogP contribution in [-0.2, 0) is 0 Å². The number of rotatable bonds is 2. The van der Waals surface area contributed by atoms with Crippen LogP contribution in [0.2, 0.25) is 0 Å². The first-order chi connectivity index (χ1) is 14.1. The average molecular weight is 446 g/mol. The fraction of sp³-hybridized carbons (Fsp3) is 0.346. The third-order valence-electron chi connectivity index (χ3n) is 7.47. The molecular formula is C26H24BrNO. The molecule has 0 spiro atoms. The molecule has 4 aliphatic rings. The third kappa shape index (κ3) is 2.56. The van der Waals surface area contributed by atoms with E-state index in [-0.39, 0.29) is 5.78 Å². The quantitative estimate of drug-likeness (QED) is 0.385. The van der Waals surface area contributed by atoms with Crippen LogP contribution in [0.1, 0.15) is 64.7 Å². The predicted octanol–water partition coefficient (Wildman–Crippen LogP) is 6.55. The van der Waals surface area contributed by atoms with Gasteiger partial charge in [-0.2, -0.15) is 0 Å². The molecule has 2 aromatic rings. The number of hydrogen-bond donors (Lipinski definition) is 0. The van der Waals surface area contributed by atoms with Crippen LogP contribution in [0.3, 0.4) is 0 Å². The molecule has 0 unspecified atom stereocenters. The van der Waals surface area contributed by atoms with Crippen LogP contribution in [0.15, 0.2) is 65.2 Å². The van der Waals surface area contributed by atoms with Crippen LogP contribution in [-0.4, -0.2) is 12.3 Å². The fourth-order valence-electron chi connectivity index (χ4n) is 6.22. The van der Waals surface area contributed by atoms with Gasteiger partial charge in [0.1, 0.15) is 0 Å². The lowest BCUT2D eigenvalue weighted by molar-refractivity contribution is 0.101. The van der Waals surface area contributed by atoms with Crippen molar-refractivity contribution in [3.63, 3.8) is 0 Å². The van der Waals surface area contributed by atoms with Gasteiger partial charge < -0.3 is 4.90 Å². The highest BCUT2D eigenvalue weighted by atomic mass is 79.9. The molecule has 5 atom stereocenters. The summed E-state index contributed by atoms with van der Waals surface area (Å²) < 4.78 is 1.13. The summed E-state index contributed by atoms with van der Waals surface area (Å²) in [6.07, 6.45) is 11.7. The Morgan fingerprint density at radius 3 is 2.45 bits per heavy atom. The number of carbonyl (C=O) groups is 1. The Balaban J connectivity index is 1.59. The highest BCUT2D eigenvalue weighted by molar-refractivity contribution is 9.10. The van der Waals surface area contributed by atoms with Crippen LogP contribution < -0.4 is 4.90 Å². The lowest BCUT2D eigenvalue weighted by Crippen LogP contribution is -2.46. The number of fused-ring (bicyclic) bond motifs is 4. The molecule has 0 saturated heterocycles. The molecule has 2 aliphatic carbocycles. The number of anilines is 1. The summed E-state index contributed by atoms with van der Waals surface area (Å²) >= 11 is 3.60. The van der Waals surface area contributed by atoms with Gasteiger partial charge in [0, 0.05) is 34.1 Å². The standard InChI is InChI=1S/C26H24BrNO/c1-15(29)18-12-23-20-5-2-4-17(20)14-28-25(16-8-10-19(27)11-9-16)22-7-3-6-21(22)24(13-18)26(23)28/h2-3,5-6,8-13,17,20-22,25H,4,7,14H2,1H3/t17-,20+,21+,22-,25-/m0/s1. The first-order valence-corrected chi connectivity index (χ1v) is 11.5. The minimum absolute atomic E-state index is 0.174. The van der Waals surface area contributed by atoms with E-state index in [0.717, 1.165) is 29.4 Å². The van der Waals surface area contributed by atoms with E-state index in [1.807, 2.05) is 0 Å². The number of halogens is 1. The maximum absolute atomic E-state index is 12.3. The van der Waals surface area contributed by atoms with E-state index in [9.17, 15) is 4.79 Å². The summed E-state index contributed by atoms with van der Waals surface area (Å²) in [4.78, 5) is 15.0. The van der Waals surface area contributed by atoms with E-state index in [0.29, 0.717) is 29.7 Å². The number of nitrogens with zero attached hydrogens (tertiary/aromatic N) is 1. The number of carbonyl (C=O) groups excluding carboxylic acids is 1. The smallest absolute Gasteiger partial charge is 0.159 e. The Bertz CT molecular complexity index is 1050. The van der Waals surface area contributed by atoms with E-state index in [4.69, 9.17) is 0 Å². The second-order valence-electron chi connectivity index (χ2n) is 9.01. The van der Waals surface area contributed by atoms with Crippen molar-refractivity contribution in [1.82, 2.24) is 0 Å². The van der Waals surface area contributed by atoms with Gasteiger partial charge in [0.15, 0.2) is 5.78 Å². The summed E-state index contributed by atoms with van der Waals surface area (Å²) in [5, 5.41) is 0. The topological polar surface area (TPSA) is 20.3 Å². The molecule has 0 aromatic heterocycles. The molecule has 3 heteroatoms. The van der Waals surface area contributed by atoms with Crippen molar-refractivity contribution in [2.45, 2.75) is 37.6 Å². The molecule has 0 radical (unpaired) electrons. The lowest BCUT2D eigenvalue weighted by atomic mass is 9.70. The predicted molar refractivity (Wildman–Crippen MR) is 121 cm³/mol. The van der Waals surface area contributed by atoms with Gasteiger partial charge in [-0.15, -0.1) is 0 Å². The van der Waals surface area contributed by atoms with Crippen molar-refractivity contribution < 1.29 is 4.79 Å². The Labute approximate surface area is 180 Å². The van der Waals surface area contributed by atoms with E-state index >= 15 is 0 Å². The SMILES string of the molecule is CC(=O)c1cc2c3c(c1)[C@@H]1C=CC[C@@H]1[C@H](c1ccc(Br)cc1)N3C[C@@H]1CC=C[C@@H]21. The highest BCUT2D eigenvalue weighted by Crippen LogP contribution is 2.58. The second-order valence-corrected chi connectivity index (χ2v) is 9.93. The van der Waals surface area contributed by atoms with E-state index in [1.165, 1.54) is 22.4 Å². The van der Waals surface area contributed by atoms with Crippen LogP contribution in [0.5, 0.6) is 0 Å². The minimum Gasteiger partial charge on any atom is -0.363 e. The maximum Gasteiger partial charge on any atom is 0.159 e. The molecule has 0 N–H and O–H groups in total. The second kappa shape index (κ2) is 6.43. The van der Waals surface area contributed by atoms with Crippen molar-refractivity contribution in [3.05, 3.63) is 87.4 Å². The number of benzene rings is 2. The normalized spacial score (nSPS) is 30.8. The molecule has 0 amide bonds. The molecular weight excluding hydrogens is 422 g/mol. The van der Waals surface area contributed by atoms with Gasteiger partial charge in [-0.25, -0.2) is 0 Å². The Hall–Kier alpha value is -2.13. The Morgan fingerprint density at radius 1 is 1.00 bits per heavy atom. The van der Waals surface area contributed by atoms with Gasteiger partial charge in [-0.1, -0.05) is 52.4 Å². The molecule has 0 fully saturated rings. The van der Waals surface area contributed by atoms with Gasteiger partial charge in [0.25, 0.3) is 0 Å². The highest BCUT2D eigenvalue weighted by Gasteiger charge is 2.47. The van der Waals surface area contributed by atoms with Gasteiger partial charge in [0.2, 0.25) is 0 Å². The summed E-state index contributed by atoms with van der Waals surface area (Å²) in [6, 6.07) is 13.7. The molecule has 2 nitrogen and oxygen atoms in total. The molecule has 2 aromatic carbocycles. The monoisotopic (exact) mass is 445 g/mol. The van der Waals surface area contributed by atoms with Crippen LogP contribution in [0, 0.1) is 11.8 Å². The van der Waals surface area contributed by atoms with Gasteiger partial charge in [-0.05, 0) is 72.6 Å². The molecule has 146 valence electrons. The first kappa shape index (κ1) is 17.7. The van der Waals surface area contributed by atoms with Crippen LogP contribution in [0.25, 0.3) is 0 Å². The number of ketones is 1. The first-order valence-electron chi connectivity index (χ1n) is 10.7. The third-order valence-corrected chi connectivity index (χ3v) is 8.00. The molecule has 29 heavy (non-hydrogen) atoms. The van der Waals surface area contributed by atoms with E-state index in [2.05, 4.69) is 81.5 Å². The summed E-state index contributed by atoms with van der Waals surface area (Å²) in [5.74, 6) is 2.17. The number of allylic oxidation sites excluding steroid dienone is 4. The fourth-order valence-corrected chi connectivity index (χ4v) is 6.48. The van der Waals surface area contributed by atoms with Crippen molar-refractivity contribution >= 4 is 27.4 Å². The lowest BCUT2D eigenvalue weighted by Gasteiger charge is -2.51. The Morgan fingerprint density at radius 2 is 1.69 bits per heavy atom. The van der Waals surface area contributed by atoms with Crippen molar-refractivity contribution in [1.29, 1.82) is 0 Å². The van der Waals surface area contributed by atoms with E-state index in [1.54, 1.807) is 6.92 Å². The van der Waals surface area contributed by atoms with Crippen LogP contribution >= 0.6 is 15.9 Å². The minimum atomic E-state index is 0.174. The average Bonchev–Trinajstić information content (AvgIpc) is 3.38. The van der Waals surface area contributed by atoms with Crippen molar-refractivity contribution in [2.75, 3.05) is 11.4 Å². The summed E-state index contributed by atoms with van der Waals surface area (Å²) in [6.45, 7) is 2.80. The van der Waals surface area contributed by atoms with Crippen molar-refractivity contribution in [2.24, 2.45) is 11.8 Å². The maximum atomic E-state index is 12.3. The van der Waals surface area contributed by atoms with Crippen molar-refractivity contribution in [3.8, 4) is 0 Å². The number of hydrogen-bond acceptors (Lipinski definition) is 2. The van der Waals surface area contributed by atoms with Gasteiger partial charge in [0.05, 0.1) is 6.04 Å². The molecule has 2 heterocycles. The number of Topliss-reactive ketones (excluding diaryl/α,β-unsaturated/α-hetero) is 1. The molecule has 2 aliphatic heterocycles. The zero-order valence-corrected chi connectivity index (χ0v) is 18.1. The van der Waals surface area contributed by atoms with Gasteiger partial charge in [-0.3, -0.25) is 4.79 Å². The zero-order chi connectivity index (χ0) is 19.7. The molecule has 6 rings (SSSR count). The largest absolute Gasteiger partial charge is 0.363 e. The van der Waals surface area contributed by atoms with Crippen LogP contribution in [0.4, 0.5) is 5.69 Å². The Kier molecular flexibility index (Phi) is 3.93. The van der Waals surface area contributed by atoms with E-state index < -0.39 is 0 Å². The molecule has 0 bridgehead atoms. The molecule has 0 saturated carbocycles.